The number of aliphatic carboxylic acids is 1. The van der Waals surface area contributed by atoms with Crippen LogP contribution in [0.4, 0.5) is 0 Å². The minimum absolute atomic E-state index is 0. The van der Waals surface area contributed by atoms with Crippen LogP contribution < -0.4 is 0 Å². The second-order valence-electron chi connectivity index (χ2n) is 1.03. The van der Waals surface area contributed by atoms with Crippen molar-refractivity contribution >= 4 is 5.97 Å². The van der Waals surface area contributed by atoms with E-state index >= 15 is 0 Å². The molecule has 0 saturated carbocycles. The van der Waals surface area contributed by atoms with Crippen LogP contribution in [0.15, 0.2) is 0 Å². The zero-order chi connectivity index (χ0) is 5.70. The fourth-order valence-corrected chi connectivity index (χ4v) is 0.189. The maximum atomic E-state index is 9.63. The zero-order valence-corrected chi connectivity index (χ0v) is 8.92. The SMILES string of the molecule is CCOCC(=O)O.[Cd]. The van der Waals surface area contributed by atoms with Gasteiger partial charge in [-0.1, -0.05) is 0 Å². The van der Waals surface area contributed by atoms with E-state index < -0.39 is 5.97 Å². The van der Waals surface area contributed by atoms with Crippen molar-refractivity contribution in [2.24, 2.45) is 0 Å². The summed E-state index contributed by atoms with van der Waals surface area (Å²) in [4.78, 5) is 9.63. The molecule has 44 valence electrons. The third kappa shape index (κ3) is 9.61. The molecule has 0 rings (SSSR count). The Labute approximate surface area is 68.2 Å². The first-order valence-corrected chi connectivity index (χ1v) is 2.07. The van der Waals surface area contributed by atoms with Crippen molar-refractivity contribution < 1.29 is 41.9 Å². The maximum Gasteiger partial charge on any atom is 0.329 e. The molecule has 0 aromatic carbocycles. The molecule has 0 spiro atoms. The predicted octanol–water partition coefficient (Wildman–Crippen LogP) is 0.105. The van der Waals surface area contributed by atoms with Crippen LogP contribution in [0.25, 0.3) is 0 Å². The van der Waals surface area contributed by atoms with Crippen molar-refractivity contribution in [2.45, 2.75) is 6.92 Å². The molecule has 8 heavy (non-hydrogen) atoms. The molecular weight excluding hydrogens is 208 g/mol. The Morgan fingerprint density at radius 3 is 2.38 bits per heavy atom. The minimum atomic E-state index is -0.915. The summed E-state index contributed by atoms with van der Waals surface area (Å²) in [7, 11) is 0. The number of carboxylic acids is 1. The first-order valence-electron chi connectivity index (χ1n) is 2.07. The number of hydrogen-bond acceptors (Lipinski definition) is 2. The largest absolute Gasteiger partial charge is 0.480 e. The van der Waals surface area contributed by atoms with Crippen molar-refractivity contribution in [1.29, 1.82) is 0 Å². The molecule has 0 radical (unpaired) electrons. The van der Waals surface area contributed by atoms with Gasteiger partial charge in [0.1, 0.15) is 6.61 Å². The van der Waals surface area contributed by atoms with Gasteiger partial charge in [-0.05, 0) is 6.92 Å². The third-order valence-corrected chi connectivity index (χ3v) is 0.430. The average molecular weight is 217 g/mol. The Morgan fingerprint density at radius 2 is 2.25 bits per heavy atom. The molecule has 0 aliphatic heterocycles. The molecule has 0 aliphatic carbocycles. The van der Waals surface area contributed by atoms with Gasteiger partial charge in [-0.25, -0.2) is 4.79 Å². The Kier molecular flexibility index (Phi) is 10.3. The van der Waals surface area contributed by atoms with E-state index in [9.17, 15) is 4.79 Å². The van der Waals surface area contributed by atoms with E-state index in [2.05, 4.69) is 4.74 Å². The van der Waals surface area contributed by atoms with E-state index in [1.807, 2.05) is 0 Å². The van der Waals surface area contributed by atoms with Crippen LogP contribution in [0.1, 0.15) is 6.92 Å². The van der Waals surface area contributed by atoms with Crippen molar-refractivity contribution in [3.63, 3.8) is 0 Å². The molecule has 1 N–H and O–H groups in total. The predicted molar refractivity (Wildman–Crippen MR) is 24.1 cm³/mol. The van der Waals surface area contributed by atoms with Crippen LogP contribution in [0, 0.1) is 0 Å². The van der Waals surface area contributed by atoms with E-state index in [-0.39, 0.29) is 33.9 Å². The summed E-state index contributed by atoms with van der Waals surface area (Å²) in [6.07, 6.45) is 0. The molecule has 0 aromatic rings. The number of hydrogen-bond donors (Lipinski definition) is 1. The average Bonchev–Trinajstić information content (AvgIpc) is 1.61. The van der Waals surface area contributed by atoms with Crippen LogP contribution in [0.5, 0.6) is 0 Å². The number of carbonyl (C=O) groups is 1. The van der Waals surface area contributed by atoms with Gasteiger partial charge in [0.15, 0.2) is 0 Å². The molecule has 0 aliphatic rings. The Hall–Kier alpha value is 0.352. The Bertz CT molecular complexity index is 64.3. The van der Waals surface area contributed by atoms with E-state index in [0.29, 0.717) is 6.61 Å². The topological polar surface area (TPSA) is 46.5 Å². The Morgan fingerprint density at radius 1 is 1.75 bits per heavy atom. The smallest absolute Gasteiger partial charge is 0.329 e. The fraction of sp³-hybridized carbons (Fsp3) is 0.750. The van der Waals surface area contributed by atoms with E-state index in [1.54, 1.807) is 6.92 Å². The first kappa shape index (κ1) is 11.2. The maximum absolute atomic E-state index is 9.63. The molecule has 0 atom stereocenters. The molecule has 0 amide bonds. The summed E-state index contributed by atoms with van der Waals surface area (Å²) in [5, 5.41) is 7.92. The molecule has 0 heterocycles. The normalized spacial score (nSPS) is 7.62. The summed E-state index contributed by atoms with van der Waals surface area (Å²) in [5.74, 6) is -0.915. The van der Waals surface area contributed by atoms with Crippen LogP contribution in [0.3, 0.4) is 0 Å². The second-order valence-corrected chi connectivity index (χ2v) is 1.03. The summed E-state index contributed by atoms with van der Waals surface area (Å²) in [6.45, 7) is 2.03. The van der Waals surface area contributed by atoms with Crippen LogP contribution in [-0.2, 0) is 36.8 Å². The van der Waals surface area contributed by atoms with Crippen molar-refractivity contribution in [2.75, 3.05) is 13.2 Å². The van der Waals surface area contributed by atoms with Gasteiger partial charge in [-0.3, -0.25) is 0 Å². The van der Waals surface area contributed by atoms with E-state index in [4.69, 9.17) is 5.11 Å². The van der Waals surface area contributed by atoms with Gasteiger partial charge in [0.2, 0.25) is 0 Å². The third-order valence-electron chi connectivity index (χ3n) is 0.430. The van der Waals surface area contributed by atoms with Gasteiger partial charge >= 0.3 is 5.97 Å². The first-order chi connectivity index (χ1) is 3.27. The summed E-state index contributed by atoms with van der Waals surface area (Å²) >= 11 is 0. The van der Waals surface area contributed by atoms with Crippen LogP contribution >= 0.6 is 0 Å². The molecule has 0 bridgehead atoms. The van der Waals surface area contributed by atoms with Gasteiger partial charge < -0.3 is 9.84 Å². The zero-order valence-electron chi connectivity index (χ0n) is 4.89. The van der Waals surface area contributed by atoms with Crippen molar-refractivity contribution in [3.05, 3.63) is 0 Å². The quantitative estimate of drug-likeness (QED) is 0.681. The van der Waals surface area contributed by atoms with Crippen LogP contribution in [0.2, 0.25) is 0 Å². The van der Waals surface area contributed by atoms with Gasteiger partial charge in [0, 0.05) is 33.9 Å². The van der Waals surface area contributed by atoms with Gasteiger partial charge in [0.25, 0.3) is 0 Å². The monoisotopic (exact) mass is 218 g/mol. The molecule has 4 heteroatoms. The summed E-state index contributed by atoms with van der Waals surface area (Å²) in [6, 6.07) is 0. The van der Waals surface area contributed by atoms with E-state index in [0.717, 1.165) is 0 Å². The molecule has 0 saturated heterocycles. The summed E-state index contributed by atoms with van der Waals surface area (Å²) in [5.41, 5.74) is 0. The van der Waals surface area contributed by atoms with Gasteiger partial charge in [-0.2, -0.15) is 0 Å². The number of ether oxygens (including phenoxy) is 1. The van der Waals surface area contributed by atoms with E-state index in [1.165, 1.54) is 0 Å². The van der Waals surface area contributed by atoms with Gasteiger partial charge in [0.05, 0.1) is 0 Å². The second kappa shape index (κ2) is 7.35. The molecule has 0 unspecified atom stereocenters. The van der Waals surface area contributed by atoms with Crippen molar-refractivity contribution in [3.8, 4) is 0 Å². The van der Waals surface area contributed by atoms with Crippen molar-refractivity contribution in [1.82, 2.24) is 0 Å². The molecule has 0 fully saturated rings. The molecular formula is C4H8CdO3. The minimum Gasteiger partial charge on any atom is -0.480 e. The number of carboxylic acid groups (broad SMARTS) is 1. The fourth-order valence-electron chi connectivity index (χ4n) is 0.189. The molecule has 3 nitrogen and oxygen atoms in total. The number of rotatable bonds is 3. The van der Waals surface area contributed by atoms with Gasteiger partial charge in [-0.15, -0.1) is 0 Å². The Balaban J connectivity index is 0. The molecule has 0 aromatic heterocycles. The standard InChI is InChI=1S/C4H8O3.Cd/c1-2-7-3-4(5)6;/h2-3H2,1H3,(H,5,6);. The van der Waals surface area contributed by atoms with Crippen LogP contribution in [-0.4, -0.2) is 24.3 Å². The summed E-state index contributed by atoms with van der Waals surface area (Å²) < 4.78 is 4.50.